The molecule has 2 atom stereocenters. The Morgan fingerprint density at radius 2 is 2.00 bits per heavy atom. The monoisotopic (exact) mass is 275 g/mol. The van der Waals surface area contributed by atoms with E-state index in [9.17, 15) is 14.7 Å². The number of hydrogen-bond acceptors (Lipinski definition) is 3. The average Bonchev–Trinajstić information content (AvgIpc) is 2.44. The second-order valence-electron chi connectivity index (χ2n) is 4.54. The van der Waals surface area contributed by atoms with Crippen LogP contribution >= 0.6 is 0 Å². The zero-order valence-electron chi connectivity index (χ0n) is 11.4. The fourth-order valence-corrected chi connectivity index (χ4v) is 1.70. The standard InChI is InChI=1S/C14H17N3O3/c1-10(8-15)9-17(2)14(20)16-12(13(18)19)11-6-4-3-5-7-11/h3-7,10,12H,9H2,1-2H3,(H,16,20)(H,18,19)/t10?,12-/m0/s1. The Kier molecular flexibility index (Phi) is 5.54. The number of carbonyl (C=O) groups excluding carboxylic acids is 1. The maximum atomic E-state index is 11.9. The summed E-state index contributed by atoms with van der Waals surface area (Å²) in [7, 11) is 1.52. The molecular weight excluding hydrogens is 258 g/mol. The summed E-state index contributed by atoms with van der Waals surface area (Å²) in [6, 6.07) is 8.84. The van der Waals surface area contributed by atoms with Gasteiger partial charge in [-0.25, -0.2) is 9.59 Å². The van der Waals surface area contributed by atoms with Crippen molar-refractivity contribution in [2.45, 2.75) is 13.0 Å². The summed E-state index contributed by atoms with van der Waals surface area (Å²) in [5.41, 5.74) is 0.495. The van der Waals surface area contributed by atoms with Gasteiger partial charge in [-0.2, -0.15) is 5.26 Å². The van der Waals surface area contributed by atoms with E-state index in [2.05, 4.69) is 5.32 Å². The molecule has 2 amide bonds. The number of aliphatic carboxylic acids is 1. The molecule has 0 aromatic heterocycles. The maximum absolute atomic E-state index is 11.9. The summed E-state index contributed by atoms with van der Waals surface area (Å²) in [4.78, 5) is 24.5. The van der Waals surface area contributed by atoms with E-state index in [4.69, 9.17) is 5.26 Å². The van der Waals surface area contributed by atoms with Gasteiger partial charge in [0.15, 0.2) is 6.04 Å². The minimum absolute atomic E-state index is 0.240. The molecule has 0 saturated carbocycles. The molecule has 2 N–H and O–H groups in total. The van der Waals surface area contributed by atoms with Crippen LogP contribution in [-0.4, -0.2) is 35.6 Å². The Balaban J connectivity index is 2.75. The Labute approximate surface area is 117 Å². The number of nitriles is 1. The summed E-state index contributed by atoms with van der Waals surface area (Å²) in [5.74, 6) is -1.45. The number of carboxylic acid groups (broad SMARTS) is 1. The van der Waals surface area contributed by atoms with Gasteiger partial charge in [-0.1, -0.05) is 30.3 Å². The first-order chi connectivity index (χ1) is 9.45. The van der Waals surface area contributed by atoms with Crippen molar-refractivity contribution in [3.63, 3.8) is 0 Å². The van der Waals surface area contributed by atoms with Crippen molar-refractivity contribution in [1.29, 1.82) is 5.26 Å². The summed E-state index contributed by atoms with van der Waals surface area (Å²) >= 11 is 0. The molecule has 0 aliphatic carbocycles. The van der Waals surface area contributed by atoms with Gasteiger partial charge in [-0.3, -0.25) is 0 Å². The third-order valence-corrected chi connectivity index (χ3v) is 2.76. The van der Waals surface area contributed by atoms with Crippen LogP contribution in [0.3, 0.4) is 0 Å². The zero-order valence-corrected chi connectivity index (χ0v) is 11.4. The molecule has 6 heteroatoms. The topological polar surface area (TPSA) is 93.4 Å². The molecule has 0 bridgehead atoms. The molecular formula is C14H17N3O3. The lowest BCUT2D eigenvalue weighted by molar-refractivity contribution is -0.139. The predicted octanol–water partition coefficient (Wildman–Crippen LogP) is 1.61. The molecule has 0 spiro atoms. The number of rotatable bonds is 5. The van der Waals surface area contributed by atoms with Crippen LogP contribution in [0, 0.1) is 17.2 Å². The quantitative estimate of drug-likeness (QED) is 0.853. The van der Waals surface area contributed by atoms with Crippen LogP contribution in [0.5, 0.6) is 0 Å². The highest BCUT2D eigenvalue weighted by atomic mass is 16.4. The second-order valence-corrected chi connectivity index (χ2v) is 4.54. The predicted molar refractivity (Wildman–Crippen MR) is 72.8 cm³/mol. The van der Waals surface area contributed by atoms with Crippen molar-refractivity contribution in [2.75, 3.05) is 13.6 Å². The van der Waals surface area contributed by atoms with E-state index in [1.165, 1.54) is 11.9 Å². The van der Waals surface area contributed by atoms with Crippen LogP contribution in [-0.2, 0) is 4.79 Å². The Bertz CT molecular complexity index is 510. The zero-order chi connectivity index (χ0) is 15.1. The van der Waals surface area contributed by atoms with Gasteiger partial charge in [0.25, 0.3) is 0 Å². The highest BCUT2D eigenvalue weighted by Gasteiger charge is 2.23. The highest BCUT2D eigenvalue weighted by molar-refractivity contribution is 5.83. The molecule has 106 valence electrons. The van der Waals surface area contributed by atoms with Crippen molar-refractivity contribution >= 4 is 12.0 Å². The molecule has 6 nitrogen and oxygen atoms in total. The molecule has 0 heterocycles. The lowest BCUT2D eigenvalue weighted by atomic mass is 10.1. The molecule has 1 aromatic carbocycles. The fraction of sp³-hybridized carbons (Fsp3) is 0.357. The first-order valence-electron chi connectivity index (χ1n) is 6.14. The van der Waals surface area contributed by atoms with E-state index in [-0.39, 0.29) is 12.5 Å². The number of urea groups is 1. The summed E-state index contributed by atoms with van der Waals surface area (Å²) < 4.78 is 0. The number of nitrogens with zero attached hydrogens (tertiary/aromatic N) is 2. The van der Waals surface area contributed by atoms with Crippen molar-refractivity contribution in [1.82, 2.24) is 10.2 Å². The van der Waals surface area contributed by atoms with E-state index in [0.717, 1.165) is 0 Å². The van der Waals surface area contributed by atoms with Crippen LogP contribution in [0.2, 0.25) is 0 Å². The van der Waals surface area contributed by atoms with Crippen LogP contribution in [0.1, 0.15) is 18.5 Å². The Hall–Kier alpha value is -2.55. The largest absolute Gasteiger partial charge is 0.479 e. The molecule has 0 radical (unpaired) electrons. The molecule has 20 heavy (non-hydrogen) atoms. The SMILES string of the molecule is CC(C#N)CN(C)C(=O)N[C@H](C(=O)O)c1ccccc1. The number of carboxylic acids is 1. The number of nitrogens with one attached hydrogen (secondary N) is 1. The van der Waals surface area contributed by atoms with Crippen LogP contribution in [0.15, 0.2) is 30.3 Å². The first-order valence-corrected chi connectivity index (χ1v) is 6.14. The number of hydrogen-bond donors (Lipinski definition) is 2. The summed E-state index contributed by atoms with van der Waals surface area (Å²) in [5, 5.41) is 20.4. The van der Waals surface area contributed by atoms with Crippen molar-refractivity contribution in [3.8, 4) is 6.07 Å². The molecule has 0 aliphatic heterocycles. The van der Waals surface area contributed by atoms with Gasteiger partial charge in [-0.15, -0.1) is 0 Å². The fourth-order valence-electron chi connectivity index (χ4n) is 1.70. The minimum atomic E-state index is -1.13. The van der Waals surface area contributed by atoms with E-state index >= 15 is 0 Å². The minimum Gasteiger partial charge on any atom is -0.479 e. The normalized spacial score (nSPS) is 12.8. The summed E-state index contributed by atoms with van der Waals surface area (Å²) in [6.07, 6.45) is 0. The van der Waals surface area contributed by atoms with Gasteiger partial charge < -0.3 is 15.3 Å². The molecule has 0 fully saturated rings. The van der Waals surface area contributed by atoms with Gasteiger partial charge in [0.05, 0.1) is 12.0 Å². The maximum Gasteiger partial charge on any atom is 0.330 e. The Morgan fingerprint density at radius 3 is 2.50 bits per heavy atom. The van der Waals surface area contributed by atoms with Gasteiger partial charge >= 0.3 is 12.0 Å². The van der Waals surface area contributed by atoms with E-state index in [1.54, 1.807) is 37.3 Å². The highest BCUT2D eigenvalue weighted by Crippen LogP contribution is 2.13. The van der Waals surface area contributed by atoms with Gasteiger partial charge in [0.2, 0.25) is 0 Å². The van der Waals surface area contributed by atoms with Crippen LogP contribution < -0.4 is 5.32 Å². The second kappa shape index (κ2) is 7.14. The summed E-state index contributed by atoms with van der Waals surface area (Å²) in [6.45, 7) is 1.93. The number of carbonyl (C=O) groups is 2. The Morgan fingerprint density at radius 1 is 1.40 bits per heavy atom. The van der Waals surface area contributed by atoms with Crippen LogP contribution in [0.4, 0.5) is 4.79 Å². The molecule has 1 rings (SSSR count). The smallest absolute Gasteiger partial charge is 0.330 e. The molecule has 0 aliphatic rings. The molecule has 0 saturated heterocycles. The van der Waals surface area contributed by atoms with Crippen LogP contribution in [0.25, 0.3) is 0 Å². The lowest BCUT2D eigenvalue weighted by Crippen LogP contribution is -2.43. The average molecular weight is 275 g/mol. The van der Waals surface area contributed by atoms with Gasteiger partial charge in [0.1, 0.15) is 0 Å². The van der Waals surface area contributed by atoms with Crippen molar-refractivity contribution in [2.24, 2.45) is 5.92 Å². The number of benzene rings is 1. The van der Waals surface area contributed by atoms with Crippen molar-refractivity contribution in [3.05, 3.63) is 35.9 Å². The first kappa shape index (κ1) is 15.5. The molecule has 1 unspecified atom stereocenters. The van der Waals surface area contributed by atoms with Crippen molar-refractivity contribution < 1.29 is 14.7 Å². The lowest BCUT2D eigenvalue weighted by Gasteiger charge is -2.22. The van der Waals surface area contributed by atoms with Gasteiger partial charge in [0, 0.05) is 13.6 Å². The van der Waals surface area contributed by atoms with E-state index in [1.807, 2.05) is 6.07 Å². The van der Waals surface area contributed by atoms with E-state index < -0.39 is 18.0 Å². The van der Waals surface area contributed by atoms with E-state index in [0.29, 0.717) is 5.56 Å². The third-order valence-electron chi connectivity index (χ3n) is 2.76. The molecule has 1 aromatic rings. The third kappa shape index (κ3) is 4.28. The number of amides is 2. The van der Waals surface area contributed by atoms with Gasteiger partial charge in [-0.05, 0) is 12.5 Å².